The molecule has 0 bridgehead atoms. The summed E-state index contributed by atoms with van der Waals surface area (Å²) in [5.74, 6) is 0.297. The highest BCUT2D eigenvalue weighted by Gasteiger charge is 2.43. The number of hydrogen-bond acceptors (Lipinski definition) is 1. The zero-order valence-electron chi connectivity index (χ0n) is 10.2. The first-order valence-electron chi connectivity index (χ1n) is 6.45. The summed E-state index contributed by atoms with van der Waals surface area (Å²) in [7, 11) is 0. The molecule has 1 N–H and O–H groups in total. The van der Waals surface area contributed by atoms with Crippen molar-refractivity contribution in [3.05, 3.63) is 0 Å². The van der Waals surface area contributed by atoms with Crippen LogP contribution in [0.2, 0.25) is 0 Å². The maximum Gasteiger partial charge on any atom is 0.225 e. The van der Waals surface area contributed by atoms with Gasteiger partial charge < -0.3 is 5.32 Å². The normalized spacial score (nSPS) is 25.4. The molecule has 0 aromatic carbocycles. The fourth-order valence-corrected chi connectivity index (χ4v) is 3.60. The Labute approximate surface area is 107 Å². The Bertz CT molecular complexity index is 267. The largest absolute Gasteiger partial charge is 0.355 e. The van der Waals surface area contributed by atoms with Crippen LogP contribution in [0.25, 0.3) is 0 Å². The molecule has 16 heavy (non-hydrogen) atoms. The summed E-state index contributed by atoms with van der Waals surface area (Å²) >= 11 is 3.50. The van der Waals surface area contributed by atoms with Crippen molar-refractivity contribution in [3.63, 3.8) is 0 Å². The maximum absolute atomic E-state index is 12.1. The summed E-state index contributed by atoms with van der Waals surface area (Å²) in [6.45, 7) is 3.02. The molecule has 2 rings (SSSR count). The van der Waals surface area contributed by atoms with Crippen molar-refractivity contribution in [1.29, 1.82) is 0 Å². The van der Waals surface area contributed by atoms with Crippen LogP contribution in [0, 0.1) is 10.8 Å². The molecule has 0 aliphatic heterocycles. The van der Waals surface area contributed by atoms with Crippen molar-refractivity contribution in [2.45, 2.75) is 51.9 Å². The third kappa shape index (κ3) is 2.61. The van der Waals surface area contributed by atoms with Crippen molar-refractivity contribution in [3.8, 4) is 0 Å². The predicted molar refractivity (Wildman–Crippen MR) is 69.7 cm³/mol. The molecule has 0 atom stereocenters. The van der Waals surface area contributed by atoms with Gasteiger partial charge in [0.1, 0.15) is 0 Å². The van der Waals surface area contributed by atoms with Crippen LogP contribution in [0.1, 0.15) is 51.9 Å². The Morgan fingerprint density at radius 1 is 1.25 bits per heavy atom. The van der Waals surface area contributed by atoms with Gasteiger partial charge in [-0.2, -0.15) is 0 Å². The van der Waals surface area contributed by atoms with Crippen LogP contribution in [-0.4, -0.2) is 17.8 Å². The number of carbonyl (C=O) groups is 1. The molecule has 0 aromatic rings. The zero-order valence-corrected chi connectivity index (χ0v) is 11.7. The van der Waals surface area contributed by atoms with E-state index in [0.29, 0.717) is 11.3 Å². The Morgan fingerprint density at radius 3 is 2.38 bits per heavy atom. The highest BCUT2D eigenvalue weighted by Crippen LogP contribution is 2.48. The fraction of sp³-hybridized carbons (Fsp3) is 0.923. The van der Waals surface area contributed by atoms with Gasteiger partial charge in [0.05, 0.1) is 0 Å². The number of amides is 1. The van der Waals surface area contributed by atoms with Gasteiger partial charge >= 0.3 is 0 Å². The predicted octanol–water partition coefficient (Wildman–Crippen LogP) is 3.25. The lowest BCUT2D eigenvalue weighted by Gasteiger charge is -2.24. The third-order valence-corrected chi connectivity index (χ3v) is 4.86. The molecule has 2 aliphatic rings. The lowest BCUT2D eigenvalue weighted by Crippen LogP contribution is -2.40. The minimum absolute atomic E-state index is 0.0650. The highest BCUT2D eigenvalue weighted by atomic mass is 79.9. The van der Waals surface area contributed by atoms with E-state index in [1.54, 1.807) is 0 Å². The molecule has 92 valence electrons. The van der Waals surface area contributed by atoms with Gasteiger partial charge in [-0.05, 0) is 37.5 Å². The monoisotopic (exact) mass is 287 g/mol. The number of carbonyl (C=O) groups excluding carboxylic acids is 1. The molecule has 2 nitrogen and oxygen atoms in total. The molecule has 0 heterocycles. The number of rotatable bonds is 5. The molecular weight excluding hydrogens is 266 g/mol. The van der Waals surface area contributed by atoms with E-state index in [9.17, 15) is 4.79 Å². The van der Waals surface area contributed by atoms with Crippen LogP contribution in [0.3, 0.4) is 0 Å². The topological polar surface area (TPSA) is 29.1 Å². The minimum atomic E-state index is -0.0650. The highest BCUT2D eigenvalue weighted by molar-refractivity contribution is 9.09. The Morgan fingerprint density at radius 2 is 1.88 bits per heavy atom. The molecule has 0 spiro atoms. The van der Waals surface area contributed by atoms with E-state index in [1.807, 2.05) is 0 Å². The fourth-order valence-electron chi connectivity index (χ4n) is 2.76. The molecule has 2 fully saturated rings. The molecule has 0 radical (unpaired) electrons. The van der Waals surface area contributed by atoms with Gasteiger partial charge in [0.2, 0.25) is 5.91 Å². The molecule has 2 saturated carbocycles. The smallest absolute Gasteiger partial charge is 0.225 e. The van der Waals surface area contributed by atoms with Gasteiger partial charge in [0, 0.05) is 17.3 Å². The number of alkyl halides is 1. The molecule has 0 aromatic heterocycles. The Hall–Kier alpha value is -0.0500. The lowest BCUT2D eigenvalue weighted by atomic mass is 9.87. The molecule has 2 aliphatic carbocycles. The zero-order chi connectivity index (χ0) is 11.6. The minimum Gasteiger partial charge on any atom is -0.355 e. The summed E-state index contributed by atoms with van der Waals surface area (Å²) in [6, 6.07) is 0. The first kappa shape index (κ1) is 12.4. The summed E-state index contributed by atoms with van der Waals surface area (Å²) in [5.41, 5.74) is 0.374. The van der Waals surface area contributed by atoms with Crippen molar-refractivity contribution >= 4 is 21.8 Å². The van der Waals surface area contributed by atoms with Crippen LogP contribution in [0.15, 0.2) is 0 Å². The summed E-state index contributed by atoms with van der Waals surface area (Å²) in [5, 5.41) is 4.25. The molecule has 1 amide bonds. The van der Waals surface area contributed by atoms with Crippen LogP contribution in [-0.2, 0) is 4.79 Å². The van der Waals surface area contributed by atoms with E-state index in [0.717, 1.165) is 24.7 Å². The standard InChI is InChI=1S/C13H22BrNO/c1-12(4-2-3-5-12)11(16)15-10-13(6-7-13)8-9-14/h2-10H2,1H3,(H,15,16). The third-order valence-electron chi connectivity index (χ3n) is 4.46. The number of hydrogen-bond donors (Lipinski definition) is 1. The van der Waals surface area contributed by atoms with Crippen LogP contribution in [0.5, 0.6) is 0 Å². The number of halogens is 1. The van der Waals surface area contributed by atoms with E-state index < -0.39 is 0 Å². The first-order valence-corrected chi connectivity index (χ1v) is 7.57. The van der Waals surface area contributed by atoms with E-state index in [1.165, 1.54) is 32.1 Å². The summed E-state index contributed by atoms with van der Waals surface area (Å²) < 4.78 is 0. The Balaban J connectivity index is 1.79. The van der Waals surface area contributed by atoms with Crippen molar-refractivity contribution in [2.75, 3.05) is 11.9 Å². The Kier molecular flexibility index (Phi) is 3.62. The average molecular weight is 288 g/mol. The van der Waals surface area contributed by atoms with Gasteiger partial charge in [0.25, 0.3) is 0 Å². The van der Waals surface area contributed by atoms with Gasteiger partial charge in [-0.1, -0.05) is 35.7 Å². The quantitative estimate of drug-likeness (QED) is 0.773. The second-order valence-electron chi connectivity index (χ2n) is 5.89. The molecular formula is C13H22BrNO. The molecule has 0 saturated heterocycles. The number of nitrogens with one attached hydrogen (secondary N) is 1. The lowest BCUT2D eigenvalue weighted by molar-refractivity contribution is -0.130. The molecule has 3 heteroatoms. The maximum atomic E-state index is 12.1. The van der Waals surface area contributed by atoms with Crippen molar-refractivity contribution in [1.82, 2.24) is 5.32 Å². The van der Waals surface area contributed by atoms with Gasteiger partial charge in [-0.3, -0.25) is 4.79 Å². The van der Waals surface area contributed by atoms with Crippen LogP contribution < -0.4 is 5.32 Å². The second-order valence-corrected chi connectivity index (χ2v) is 6.68. The summed E-state index contributed by atoms with van der Waals surface area (Å²) in [6.07, 6.45) is 8.36. The van der Waals surface area contributed by atoms with Gasteiger partial charge in [-0.15, -0.1) is 0 Å². The van der Waals surface area contributed by atoms with Crippen LogP contribution in [0.4, 0.5) is 0 Å². The summed E-state index contributed by atoms with van der Waals surface area (Å²) in [4.78, 5) is 12.1. The van der Waals surface area contributed by atoms with Gasteiger partial charge in [-0.25, -0.2) is 0 Å². The average Bonchev–Trinajstić information content (AvgIpc) is 2.88. The van der Waals surface area contributed by atoms with Crippen molar-refractivity contribution in [2.24, 2.45) is 10.8 Å². The van der Waals surface area contributed by atoms with Crippen molar-refractivity contribution < 1.29 is 4.79 Å². The van der Waals surface area contributed by atoms with E-state index in [4.69, 9.17) is 0 Å². The first-order chi connectivity index (χ1) is 7.60. The van der Waals surface area contributed by atoms with E-state index in [-0.39, 0.29) is 5.41 Å². The van der Waals surface area contributed by atoms with Gasteiger partial charge in [0.15, 0.2) is 0 Å². The van der Waals surface area contributed by atoms with E-state index in [2.05, 4.69) is 28.2 Å². The van der Waals surface area contributed by atoms with Crippen LogP contribution >= 0.6 is 15.9 Å². The van der Waals surface area contributed by atoms with E-state index >= 15 is 0 Å². The SMILES string of the molecule is CC1(C(=O)NCC2(CCBr)CC2)CCCC1. The molecule has 0 unspecified atom stereocenters. The second kappa shape index (κ2) is 4.67.